The number of carbonyl (C=O) groups is 4. The first-order valence-electron chi connectivity index (χ1n) is 13.0. The first kappa shape index (κ1) is 32.9. The average molecular weight is 538 g/mol. The van der Waals surface area contributed by atoms with Crippen molar-refractivity contribution in [1.29, 1.82) is 0 Å². The highest BCUT2D eigenvalue weighted by atomic mass is 16.7. The summed E-state index contributed by atoms with van der Waals surface area (Å²) in [4.78, 5) is 48.6. The number of esters is 2. The topological polar surface area (TPSA) is 137 Å². The van der Waals surface area contributed by atoms with Crippen LogP contribution < -0.4 is 14.8 Å². The van der Waals surface area contributed by atoms with E-state index in [1.807, 2.05) is 34.6 Å². The summed E-state index contributed by atoms with van der Waals surface area (Å²) in [6.45, 7) is 14.8. The van der Waals surface area contributed by atoms with Gasteiger partial charge >= 0.3 is 24.1 Å². The number of carbonyl (C=O) groups excluding carboxylic acids is 3. The van der Waals surface area contributed by atoms with Crippen molar-refractivity contribution < 1.29 is 43.2 Å². The van der Waals surface area contributed by atoms with Crippen LogP contribution in [0.4, 0.5) is 4.79 Å². The van der Waals surface area contributed by atoms with Crippen LogP contribution in [0.5, 0.6) is 11.5 Å². The molecule has 0 aromatic heterocycles. The molecule has 0 fully saturated rings. The zero-order valence-electron chi connectivity index (χ0n) is 23.8. The minimum Gasteiger partial charge on any atom is -0.480 e. The van der Waals surface area contributed by atoms with Gasteiger partial charge in [-0.3, -0.25) is 14.4 Å². The van der Waals surface area contributed by atoms with Gasteiger partial charge in [-0.15, -0.1) is 0 Å². The van der Waals surface area contributed by atoms with Crippen LogP contribution in [0.15, 0.2) is 18.2 Å². The van der Waals surface area contributed by atoms with Gasteiger partial charge in [0.1, 0.15) is 12.1 Å². The fourth-order valence-electron chi connectivity index (χ4n) is 2.90. The molecule has 0 radical (unpaired) electrons. The van der Waals surface area contributed by atoms with Crippen molar-refractivity contribution in [3.63, 3.8) is 0 Å². The number of benzene rings is 1. The molecule has 0 aliphatic heterocycles. The minimum absolute atomic E-state index is 0.0317. The van der Waals surface area contributed by atoms with Crippen molar-refractivity contribution in [1.82, 2.24) is 5.32 Å². The monoisotopic (exact) mass is 537 g/mol. The molecular formula is C28H43NO9. The van der Waals surface area contributed by atoms with Crippen LogP contribution in [0.3, 0.4) is 0 Å². The highest BCUT2D eigenvalue weighted by Gasteiger charge is 2.24. The van der Waals surface area contributed by atoms with Crippen molar-refractivity contribution >= 4 is 24.1 Å². The number of carboxylic acids is 1. The van der Waals surface area contributed by atoms with Gasteiger partial charge in [-0.1, -0.05) is 54.5 Å². The van der Waals surface area contributed by atoms with Gasteiger partial charge in [0.05, 0.1) is 18.4 Å². The first-order valence-corrected chi connectivity index (χ1v) is 13.0. The van der Waals surface area contributed by atoms with E-state index >= 15 is 0 Å². The van der Waals surface area contributed by atoms with Gasteiger partial charge in [0.15, 0.2) is 11.5 Å². The molecule has 1 aromatic carbocycles. The molecule has 0 bridgehead atoms. The van der Waals surface area contributed by atoms with E-state index < -0.39 is 36.2 Å². The molecule has 0 heterocycles. The summed E-state index contributed by atoms with van der Waals surface area (Å²) in [6, 6.07) is 3.57. The molecule has 10 heteroatoms. The van der Waals surface area contributed by atoms with Crippen molar-refractivity contribution in [3.05, 3.63) is 23.8 Å². The molecule has 2 N–H and O–H groups in total. The largest absolute Gasteiger partial charge is 0.508 e. The molecule has 0 aliphatic rings. The number of nitrogens with one attached hydrogen (secondary N) is 1. The molecule has 38 heavy (non-hydrogen) atoms. The Morgan fingerprint density at radius 3 is 1.97 bits per heavy atom. The van der Waals surface area contributed by atoms with Crippen molar-refractivity contribution in [2.75, 3.05) is 13.2 Å². The second-order valence-electron chi connectivity index (χ2n) is 10.8. The molecule has 0 aliphatic carbocycles. The van der Waals surface area contributed by atoms with Crippen LogP contribution in [-0.2, 0) is 30.3 Å². The van der Waals surface area contributed by atoms with Gasteiger partial charge < -0.3 is 29.4 Å². The molecule has 0 saturated heterocycles. The zero-order chi connectivity index (χ0) is 29.0. The summed E-state index contributed by atoms with van der Waals surface area (Å²) in [7, 11) is 0. The van der Waals surface area contributed by atoms with Crippen LogP contribution >= 0.6 is 0 Å². The Balaban J connectivity index is 2.97. The number of aliphatic carboxylic acids is 1. The van der Waals surface area contributed by atoms with E-state index in [2.05, 4.69) is 5.32 Å². The molecule has 1 rings (SSSR count). The third kappa shape index (κ3) is 11.9. The number of hydrogen-bond donors (Lipinski definition) is 2. The summed E-state index contributed by atoms with van der Waals surface area (Å²) in [6.07, 6.45) is -0.281. The van der Waals surface area contributed by atoms with Gasteiger partial charge in [0, 0.05) is 6.54 Å². The number of ether oxygens (including phenoxy) is 4. The van der Waals surface area contributed by atoms with Gasteiger partial charge in [0.25, 0.3) is 0 Å². The van der Waals surface area contributed by atoms with E-state index in [-0.39, 0.29) is 48.3 Å². The summed E-state index contributed by atoms with van der Waals surface area (Å²) in [5.41, 5.74) is 0.331. The Labute approximate surface area is 225 Å². The lowest BCUT2D eigenvalue weighted by Crippen LogP contribution is -2.42. The third-order valence-corrected chi connectivity index (χ3v) is 5.77. The maximum absolute atomic E-state index is 12.5. The van der Waals surface area contributed by atoms with Crippen LogP contribution in [0.2, 0.25) is 0 Å². The van der Waals surface area contributed by atoms with E-state index in [9.17, 15) is 24.3 Å². The third-order valence-electron chi connectivity index (χ3n) is 5.77. The van der Waals surface area contributed by atoms with Gasteiger partial charge in [-0.05, 0) is 49.3 Å². The van der Waals surface area contributed by atoms with E-state index in [4.69, 9.17) is 18.9 Å². The standard InChI is InChI=1S/C28H43NO9/c1-9-17(3)25(32)37-22-12-11-20(14-23(22)38-26(33)18(4)10-2)13-21(24(30)31)29-15-19(5)36-27(34)35-16-28(6,7)8/h11-12,14,17-19,21,29H,9-10,13,15-16H2,1-8H3,(H,30,31)/t17?,18?,19?,21-/m0/s1. The van der Waals surface area contributed by atoms with Crippen molar-refractivity contribution in [2.24, 2.45) is 17.3 Å². The Morgan fingerprint density at radius 2 is 1.47 bits per heavy atom. The molecule has 214 valence electrons. The Morgan fingerprint density at radius 1 is 0.921 bits per heavy atom. The predicted octanol–water partition coefficient (Wildman–Crippen LogP) is 4.76. The second-order valence-corrected chi connectivity index (χ2v) is 10.8. The second kappa shape index (κ2) is 15.3. The molecule has 0 saturated carbocycles. The molecule has 10 nitrogen and oxygen atoms in total. The number of carboxylic acid groups (broad SMARTS) is 1. The van der Waals surface area contributed by atoms with E-state index in [1.54, 1.807) is 26.8 Å². The SMILES string of the molecule is CCC(C)C(=O)Oc1ccc(C[C@H](NCC(C)OC(=O)OCC(C)(C)C)C(=O)O)cc1OC(=O)C(C)CC. The van der Waals surface area contributed by atoms with Gasteiger partial charge in [0.2, 0.25) is 0 Å². The normalized spacial score (nSPS) is 14.5. The van der Waals surface area contributed by atoms with Crippen LogP contribution in [0.25, 0.3) is 0 Å². The highest BCUT2D eigenvalue weighted by molar-refractivity contribution is 5.78. The Bertz CT molecular complexity index is 954. The quantitative estimate of drug-likeness (QED) is 0.252. The lowest BCUT2D eigenvalue weighted by molar-refractivity contribution is -0.141. The summed E-state index contributed by atoms with van der Waals surface area (Å²) >= 11 is 0. The number of hydrogen-bond acceptors (Lipinski definition) is 9. The maximum atomic E-state index is 12.5. The van der Waals surface area contributed by atoms with Crippen molar-refractivity contribution in [2.45, 2.75) is 86.8 Å². The van der Waals surface area contributed by atoms with Crippen LogP contribution in [0, 0.1) is 17.3 Å². The molecule has 0 spiro atoms. The zero-order valence-corrected chi connectivity index (χ0v) is 23.8. The summed E-state index contributed by atoms with van der Waals surface area (Å²) in [5, 5.41) is 12.6. The number of rotatable bonds is 14. The molecule has 1 aromatic rings. The molecular weight excluding hydrogens is 494 g/mol. The Kier molecular flexibility index (Phi) is 13.3. The fourth-order valence-corrected chi connectivity index (χ4v) is 2.90. The fraction of sp³-hybridized carbons (Fsp3) is 0.643. The average Bonchev–Trinajstić information content (AvgIpc) is 2.84. The lowest BCUT2D eigenvalue weighted by atomic mass is 9.99. The summed E-state index contributed by atoms with van der Waals surface area (Å²) in [5.74, 6) is -2.63. The van der Waals surface area contributed by atoms with Crippen molar-refractivity contribution in [3.8, 4) is 11.5 Å². The molecule has 3 unspecified atom stereocenters. The van der Waals surface area contributed by atoms with E-state index in [1.165, 1.54) is 12.1 Å². The van der Waals surface area contributed by atoms with Crippen LogP contribution in [0.1, 0.15) is 73.8 Å². The van der Waals surface area contributed by atoms with Gasteiger partial charge in [-0.25, -0.2) is 4.79 Å². The van der Waals surface area contributed by atoms with E-state index in [0.29, 0.717) is 18.4 Å². The Hall–Kier alpha value is -3.14. The van der Waals surface area contributed by atoms with Crippen LogP contribution in [-0.4, -0.2) is 54.5 Å². The summed E-state index contributed by atoms with van der Waals surface area (Å²) < 4.78 is 21.3. The predicted molar refractivity (Wildman–Crippen MR) is 141 cm³/mol. The maximum Gasteiger partial charge on any atom is 0.508 e. The smallest absolute Gasteiger partial charge is 0.480 e. The molecule has 0 amide bonds. The molecule has 4 atom stereocenters. The van der Waals surface area contributed by atoms with Gasteiger partial charge in [-0.2, -0.15) is 0 Å². The minimum atomic E-state index is -1.11. The first-order chi connectivity index (χ1) is 17.7. The highest BCUT2D eigenvalue weighted by Crippen LogP contribution is 2.31. The lowest BCUT2D eigenvalue weighted by Gasteiger charge is -2.21. The van der Waals surface area contributed by atoms with E-state index in [0.717, 1.165) is 0 Å².